The molecule has 144 valence electrons. The van der Waals surface area contributed by atoms with Crippen LogP contribution in [-0.4, -0.2) is 21.5 Å². The van der Waals surface area contributed by atoms with Crippen molar-refractivity contribution in [3.63, 3.8) is 0 Å². The van der Waals surface area contributed by atoms with Crippen molar-refractivity contribution < 1.29 is 19.5 Å². The summed E-state index contributed by atoms with van der Waals surface area (Å²) in [5.74, 6) is -1.05. The molecule has 0 saturated heterocycles. The average molecular weight is 383 g/mol. The van der Waals surface area contributed by atoms with E-state index in [2.05, 4.69) is 5.16 Å². The van der Waals surface area contributed by atoms with Crippen molar-refractivity contribution in [2.45, 2.75) is 31.6 Å². The standard InChI is InChI=1S/C19H17N3O6/c23-19(13-6-2-1-3-7-13)28-20-17-9-5-4-8-15(17)16-11-10-14(21(24)25)12-18(16)22(26)27/h1-3,6-7,10-12,15H,4-5,8-9H2/b20-17+. The minimum Gasteiger partial charge on any atom is -0.313 e. The first-order valence-corrected chi connectivity index (χ1v) is 8.73. The van der Waals surface area contributed by atoms with Crippen molar-refractivity contribution >= 4 is 23.1 Å². The third-order valence-electron chi connectivity index (χ3n) is 4.63. The summed E-state index contributed by atoms with van der Waals surface area (Å²) in [6.07, 6.45) is 2.75. The molecule has 0 N–H and O–H groups in total. The Labute approximate surface area is 159 Å². The van der Waals surface area contributed by atoms with E-state index in [1.165, 1.54) is 12.1 Å². The van der Waals surface area contributed by atoms with Gasteiger partial charge in [-0.25, -0.2) is 4.79 Å². The second kappa shape index (κ2) is 8.38. The summed E-state index contributed by atoms with van der Waals surface area (Å²) in [5.41, 5.74) is 0.529. The molecule has 1 aliphatic rings. The minimum atomic E-state index is -0.672. The number of nitro groups is 2. The lowest BCUT2D eigenvalue weighted by molar-refractivity contribution is -0.394. The van der Waals surface area contributed by atoms with Crippen LogP contribution in [-0.2, 0) is 4.84 Å². The molecule has 0 spiro atoms. The number of oxime groups is 1. The van der Waals surface area contributed by atoms with Gasteiger partial charge in [0.15, 0.2) is 0 Å². The molecule has 1 atom stereocenters. The molecule has 0 aliphatic heterocycles. The molecular formula is C19H17N3O6. The number of non-ortho nitro benzene ring substituents is 1. The van der Waals surface area contributed by atoms with E-state index in [1.807, 2.05) is 0 Å². The van der Waals surface area contributed by atoms with Gasteiger partial charge in [0.05, 0.1) is 27.2 Å². The number of rotatable bonds is 5. The molecule has 0 heterocycles. The fourth-order valence-electron chi connectivity index (χ4n) is 3.27. The number of benzene rings is 2. The van der Waals surface area contributed by atoms with Crippen LogP contribution in [0.3, 0.4) is 0 Å². The summed E-state index contributed by atoms with van der Waals surface area (Å²) in [6, 6.07) is 12.0. The molecular weight excluding hydrogens is 366 g/mol. The summed E-state index contributed by atoms with van der Waals surface area (Å²) >= 11 is 0. The fourth-order valence-corrected chi connectivity index (χ4v) is 3.27. The molecule has 0 radical (unpaired) electrons. The SMILES string of the molecule is O=C(O/N=C1\CCCCC1c1ccc([N+](=O)[O-])cc1[N+](=O)[O-])c1ccccc1. The Morgan fingerprint density at radius 3 is 2.46 bits per heavy atom. The molecule has 1 unspecified atom stereocenters. The molecule has 2 aromatic carbocycles. The van der Waals surface area contributed by atoms with E-state index in [4.69, 9.17) is 4.84 Å². The highest BCUT2D eigenvalue weighted by Gasteiger charge is 2.31. The molecule has 3 rings (SSSR count). The molecule has 2 aromatic rings. The Hall–Kier alpha value is -3.62. The zero-order valence-corrected chi connectivity index (χ0v) is 14.8. The molecule has 9 heteroatoms. The number of carbonyl (C=O) groups is 1. The fraction of sp³-hybridized carbons (Fsp3) is 0.263. The van der Waals surface area contributed by atoms with Gasteiger partial charge < -0.3 is 4.84 Å². The van der Waals surface area contributed by atoms with Crippen LogP contribution in [0.15, 0.2) is 53.7 Å². The summed E-state index contributed by atoms with van der Waals surface area (Å²) < 4.78 is 0. The Morgan fingerprint density at radius 1 is 1.04 bits per heavy atom. The summed E-state index contributed by atoms with van der Waals surface area (Å²) in [6.45, 7) is 0. The van der Waals surface area contributed by atoms with Crippen LogP contribution in [0.2, 0.25) is 0 Å². The molecule has 1 fully saturated rings. The minimum absolute atomic E-state index is 0.330. The highest BCUT2D eigenvalue weighted by Crippen LogP contribution is 2.37. The van der Waals surface area contributed by atoms with Gasteiger partial charge in [-0.1, -0.05) is 29.8 Å². The van der Waals surface area contributed by atoms with Crippen molar-refractivity contribution in [1.82, 2.24) is 0 Å². The molecule has 9 nitrogen and oxygen atoms in total. The van der Waals surface area contributed by atoms with Gasteiger partial charge in [0, 0.05) is 17.5 Å². The van der Waals surface area contributed by atoms with Crippen molar-refractivity contribution in [3.8, 4) is 0 Å². The normalized spacial score (nSPS) is 17.9. The molecule has 1 saturated carbocycles. The lowest BCUT2D eigenvalue weighted by atomic mass is 9.81. The highest BCUT2D eigenvalue weighted by atomic mass is 16.7. The Kier molecular flexibility index (Phi) is 5.73. The first kappa shape index (κ1) is 19.2. The van der Waals surface area contributed by atoms with Crippen molar-refractivity contribution in [2.24, 2.45) is 5.16 Å². The maximum atomic E-state index is 12.1. The van der Waals surface area contributed by atoms with Gasteiger partial charge in [0.25, 0.3) is 11.4 Å². The predicted octanol–water partition coefficient (Wildman–Crippen LogP) is 4.37. The van der Waals surface area contributed by atoms with Crippen LogP contribution in [0, 0.1) is 20.2 Å². The van der Waals surface area contributed by atoms with Gasteiger partial charge in [-0.3, -0.25) is 20.2 Å². The van der Waals surface area contributed by atoms with E-state index >= 15 is 0 Å². The maximum Gasteiger partial charge on any atom is 0.365 e. The lowest BCUT2D eigenvalue weighted by Crippen LogP contribution is -2.20. The van der Waals surface area contributed by atoms with E-state index in [9.17, 15) is 25.0 Å². The summed E-state index contributed by atoms with van der Waals surface area (Å²) in [4.78, 5) is 38.3. The van der Waals surface area contributed by atoms with Crippen LogP contribution >= 0.6 is 0 Å². The van der Waals surface area contributed by atoms with Crippen molar-refractivity contribution in [2.75, 3.05) is 0 Å². The first-order chi connectivity index (χ1) is 13.5. The zero-order chi connectivity index (χ0) is 20.1. The molecule has 0 bridgehead atoms. The van der Waals surface area contributed by atoms with Crippen LogP contribution in [0.4, 0.5) is 11.4 Å². The molecule has 1 aliphatic carbocycles. The number of nitrogens with zero attached hydrogens (tertiary/aromatic N) is 3. The van der Waals surface area contributed by atoms with Gasteiger partial charge in [-0.05, 0) is 37.5 Å². The van der Waals surface area contributed by atoms with Crippen LogP contribution in [0.25, 0.3) is 0 Å². The van der Waals surface area contributed by atoms with Gasteiger partial charge >= 0.3 is 5.97 Å². The maximum absolute atomic E-state index is 12.1. The average Bonchev–Trinajstić information content (AvgIpc) is 2.72. The first-order valence-electron chi connectivity index (χ1n) is 8.73. The topological polar surface area (TPSA) is 125 Å². The second-order valence-corrected chi connectivity index (χ2v) is 6.38. The third-order valence-corrected chi connectivity index (χ3v) is 4.63. The molecule has 0 amide bonds. The van der Waals surface area contributed by atoms with Crippen LogP contribution in [0.5, 0.6) is 0 Å². The quantitative estimate of drug-likeness (QED) is 0.429. The number of carbonyl (C=O) groups excluding carboxylic acids is 1. The Bertz CT molecular complexity index is 942. The van der Waals surface area contributed by atoms with E-state index in [-0.39, 0.29) is 11.4 Å². The highest BCUT2D eigenvalue weighted by molar-refractivity contribution is 5.94. The van der Waals surface area contributed by atoms with Gasteiger partial charge in [-0.2, -0.15) is 0 Å². The lowest BCUT2D eigenvalue weighted by Gasteiger charge is -2.23. The number of hydrogen-bond acceptors (Lipinski definition) is 7. The third kappa shape index (κ3) is 4.20. The van der Waals surface area contributed by atoms with Crippen molar-refractivity contribution in [1.29, 1.82) is 0 Å². The number of nitro benzene ring substituents is 2. The van der Waals surface area contributed by atoms with Gasteiger partial charge in [-0.15, -0.1) is 0 Å². The second-order valence-electron chi connectivity index (χ2n) is 6.38. The largest absolute Gasteiger partial charge is 0.365 e. The van der Waals surface area contributed by atoms with Crippen molar-refractivity contribution in [3.05, 3.63) is 79.9 Å². The predicted molar refractivity (Wildman–Crippen MR) is 100 cm³/mol. The van der Waals surface area contributed by atoms with E-state index in [1.54, 1.807) is 30.3 Å². The monoisotopic (exact) mass is 383 g/mol. The smallest absolute Gasteiger partial charge is 0.313 e. The van der Waals surface area contributed by atoms with E-state index < -0.39 is 21.7 Å². The Balaban J connectivity index is 1.90. The molecule has 28 heavy (non-hydrogen) atoms. The van der Waals surface area contributed by atoms with E-state index in [0.29, 0.717) is 29.7 Å². The van der Waals surface area contributed by atoms with E-state index in [0.717, 1.165) is 18.9 Å². The zero-order valence-electron chi connectivity index (χ0n) is 14.8. The molecule has 0 aromatic heterocycles. The van der Waals surface area contributed by atoms with Crippen LogP contribution < -0.4 is 0 Å². The number of hydrogen-bond donors (Lipinski definition) is 0. The Morgan fingerprint density at radius 2 is 1.79 bits per heavy atom. The van der Waals surface area contributed by atoms with Gasteiger partial charge in [0.1, 0.15) is 0 Å². The van der Waals surface area contributed by atoms with Crippen LogP contribution in [0.1, 0.15) is 47.5 Å². The summed E-state index contributed by atoms with van der Waals surface area (Å²) in [7, 11) is 0. The van der Waals surface area contributed by atoms with Gasteiger partial charge in [0.2, 0.25) is 0 Å². The summed E-state index contributed by atoms with van der Waals surface area (Å²) in [5, 5.41) is 26.4.